The number of hydrogen-bond acceptors (Lipinski definition) is 3. The molecular formula is C11H16FNO2. The second kappa shape index (κ2) is 6.50. The average Bonchev–Trinajstić information content (AvgIpc) is 2.24. The van der Waals surface area contributed by atoms with E-state index < -0.39 is 6.10 Å². The summed E-state index contributed by atoms with van der Waals surface area (Å²) in [5.41, 5.74) is 0.583. The van der Waals surface area contributed by atoms with Gasteiger partial charge >= 0.3 is 0 Å². The maximum Gasteiger partial charge on any atom is 0.123 e. The highest BCUT2D eigenvalue weighted by Crippen LogP contribution is 2.12. The Kier molecular flexibility index (Phi) is 5.25. The van der Waals surface area contributed by atoms with Gasteiger partial charge in [-0.2, -0.15) is 0 Å². The summed E-state index contributed by atoms with van der Waals surface area (Å²) in [5.74, 6) is -0.330. The van der Waals surface area contributed by atoms with E-state index in [9.17, 15) is 9.50 Å². The Hall–Kier alpha value is -0.970. The molecule has 1 aromatic rings. The normalized spacial score (nSPS) is 12.7. The van der Waals surface area contributed by atoms with E-state index in [4.69, 9.17) is 4.74 Å². The van der Waals surface area contributed by atoms with E-state index in [1.165, 1.54) is 12.1 Å². The number of ether oxygens (including phenoxy) is 1. The van der Waals surface area contributed by atoms with Crippen LogP contribution in [0.1, 0.15) is 11.7 Å². The maximum absolute atomic E-state index is 12.8. The minimum absolute atomic E-state index is 0.330. The van der Waals surface area contributed by atoms with E-state index in [0.717, 1.165) is 0 Å². The van der Waals surface area contributed by atoms with Gasteiger partial charge in [-0.05, 0) is 17.7 Å². The number of benzene rings is 1. The van der Waals surface area contributed by atoms with Crippen LogP contribution >= 0.6 is 0 Å². The Balaban J connectivity index is 2.36. The molecule has 0 saturated heterocycles. The van der Waals surface area contributed by atoms with Crippen molar-refractivity contribution in [1.82, 2.24) is 5.32 Å². The molecule has 0 saturated carbocycles. The molecule has 3 nitrogen and oxygen atoms in total. The molecule has 0 bridgehead atoms. The van der Waals surface area contributed by atoms with Crippen LogP contribution in [0.4, 0.5) is 4.39 Å². The molecule has 2 N–H and O–H groups in total. The molecule has 1 rings (SSSR count). The van der Waals surface area contributed by atoms with Crippen LogP contribution in [0.5, 0.6) is 0 Å². The first-order valence-electron chi connectivity index (χ1n) is 4.87. The topological polar surface area (TPSA) is 41.5 Å². The van der Waals surface area contributed by atoms with Gasteiger partial charge in [0.25, 0.3) is 0 Å². The van der Waals surface area contributed by atoms with Crippen LogP contribution in [-0.4, -0.2) is 31.9 Å². The molecule has 0 heterocycles. The minimum atomic E-state index is -0.683. The second-order valence-electron chi connectivity index (χ2n) is 3.27. The maximum atomic E-state index is 12.8. The lowest BCUT2D eigenvalue weighted by atomic mass is 10.1. The SMILES string of the molecule is COCCNCC(O)c1cccc(F)c1. The van der Waals surface area contributed by atoms with Gasteiger partial charge in [-0.15, -0.1) is 0 Å². The van der Waals surface area contributed by atoms with E-state index in [0.29, 0.717) is 25.3 Å². The number of aliphatic hydroxyl groups is 1. The lowest BCUT2D eigenvalue weighted by molar-refractivity contribution is 0.161. The van der Waals surface area contributed by atoms with Gasteiger partial charge in [-0.3, -0.25) is 0 Å². The molecule has 15 heavy (non-hydrogen) atoms. The Morgan fingerprint density at radius 1 is 1.53 bits per heavy atom. The molecule has 4 heteroatoms. The van der Waals surface area contributed by atoms with Gasteiger partial charge in [0, 0.05) is 20.2 Å². The van der Waals surface area contributed by atoms with E-state index >= 15 is 0 Å². The summed E-state index contributed by atoms with van der Waals surface area (Å²) in [6.07, 6.45) is -0.683. The second-order valence-corrected chi connectivity index (χ2v) is 3.27. The summed E-state index contributed by atoms with van der Waals surface area (Å²) in [4.78, 5) is 0. The van der Waals surface area contributed by atoms with Gasteiger partial charge in [0.1, 0.15) is 5.82 Å². The average molecular weight is 213 g/mol. The fourth-order valence-electron chi connectivity index (χ4n) is 1.24. The molecule has 0 aliphatic heterocycles. The van der Waals surface area contributed by atoms with Crippen LogP contribution in [0.25, 0.3) is 0 Å². The van der Waals surface area contributed by atoms with Crippen molar-refractivity contribution >= 4 is 0 Å². The van der Waals surface area contributed by atoms with Crippen LogP contribution < -0.4 is 5.32 Å². The molecule has 1 aromatic carbocycles. The monoisotopic (exact) mass is 213 g/mol. The Bertz CT molecular complexity index is 294. The number of hydrogen-bond donors (Lipinski definition) is 2. The third-order valence-corrected chi connectivity index (χ3v) is 2.05. The summed E-state index contributed by atoms with van der Waals surface area (Å²) in [5, 5.41) is 12.7. The zero-order valence-electron chi connectivity index (χ0n) is 8.74. The van der Waals surface area contributed by atoms with Gasteiger partial charge in [0.05, 0.1) is 12.7 Å². The van der Waals surface area contributed by atoms with Crippen molar-refractivity contribution in [3.63, 3.8) is 0 Å². The van der Waals surface area contributed by atoms with Crippen LogP contribution in [-0.2, 0) is 4.74 Å². The minimum Gasteiger partial charge on any atom is -0.387 e. The van der Waals surface area contributed by atoms with Crippen molar-refractivity contribution in [2.75, 3.05) is 26.8 Å². The van der Waals surface area contributed by atoms with Gasteiger partial charge in [-0.25, -0.2) is 4.39 Å². The summed E-state index contributed by atoms with van der Waals surface area (Å²) < 4.78 is 17.7. The molecule has 0 amide bonds. The first-order valence-corrected chi connectivity index (χ1v) is 4.87. The van der Waals surface area contributed by atoms with Crippen LogP contribution in [0.2, 0.25) is 0 Å². The quantitative estimate of drug-likeness (QED) is 0.695. The van der Waals surface area contributed by atoms with Crippen molar-refractivity contribution in [3.05, 3.63) is 35.6 Å². The standard InChI is InChI=1S/C11H16FNO2/c1-15-6-5-13-8-11(14)9-3-2-4-10(12)7-9/h2-4,7,11,13-14H,5-6,8H2,1H3. The highest BCUT2D eigenvalue weighted by Gasteiger charge is 2.06. The first kappa shape index (κ1) is 12.1. The summed E-state index contributed by atoms with van der Waals surface area (Å²) in [6.45, 7) is 1.66. The fourth-order valence-corrected chi connectivity index (χ4v) is 1.24. The van der Waals surface area contributed by atoms with E-state index in [-0.39, 0.29) is 5.82 Å². The summed E-state index contributed by atoms with van der Waals surface area (Å²) in [7, 11) is 1.62. The first-order chi connectivity index (χ1) is 7.24. The van der Waals surface area contributed by atoms with Gasteiger partial charge in [0.2, 0.25) is 0 Å². The smallest absolute Gasteiger partial charge is 0.123 e. The molecule has 0 fully saturated rings. The number of nitrogens with one attached hydrogen (secondary N) is 1. The van der Waals surface area contributed by atoms with E-state index in [1.54, 1.807) is 19.2 Å². The number of halogens is 1. The summed E-state index contributed by atoms with van der Waals surface area (Å²) >= 11 is 0. The van der Waals surface area contributed by atoms with E-state index in [2.05, 4.69) is 5.32 Å². The van der Waals surface area contributed by atoms with Gasteiger partial charge in [0.15, 0.2) is 0 Å². The van der Waals surface area contributed by atoms with Crippen LogP contribution in [0, 0.1) is 5.82 Å². The van der Waals surface area contributed by atoms with Crippen LogP contribution in [0.15, 0.2) is 24.3 Å². The van der Waals surface area contributed by atoms with Crippen molar-refractivity contribution in [2.45, 2.75) is 6.10 Å². The number of rotatable bonds is 6. The predicted molar refractivity (Wildman–Crippen MR) is 56.1 cm³/mol. The molecule has 84 valence electrons. The summed E-state index contributed by atoms with van der Waals surface area (Å²) in [6, 6.07) is 5.98. The molecule has 0 spiro atoms. The zero-order chi connectivity index (χ0) is 11.1. The molecule has 0 aliphatic carbocycles. The third kappa shape index (κ3) is 4.38. The zero-order valence-corrected chi connectivity index (χ0v) is 8.74. The Morgan fingerprint density at radius 3 is 3.00 bits per heavy atom. The van der Waals surface area contributed by atoms with Crippen molar-refractivity contribution in [2.24, 2.45) is 0 Å². The van der Waals surface area contributed by atoms with Crippen LogP contribution in [0.3, 0.4) is 0 Å². The fraction of sp³-hybridized carbons (Fsp3) is 0.455. The highest BCUT2D eigenvalue weighted by molar-refractivity contribution is 5.18. The highest BCUT2D eigenvalue weighted by atomic mass is 19.1. The van der Waals surface area contributed by atoms with Crippen molar-refractivity contribution < 1.29 is 14.2 Å². The third-order valence-electron chi connectivity index (χ3n) is 2.05. The van der Waals surface area contributed by atoms with Crippen molar-refractivity contribution in [3.8, 4) is 0 Å². The lowest BCUT2D eigenvalue weighted by Crippen LogP contribution is -2.25. The van der Waals surface area contributed by atoms with Gasteiger partial charge < -0.3 is 15.2 Å². The number of methoxy groups -OCH3 is 1. The molecule has 0 aromatic heterocycles. The number of aliphatic hydroxyl groups excluding tert-OH is 1. The van der Waals surface area contributed by atoms with Gasteiger partial charge in [-0.1, -0.05) is 12.1 Å². The molecular weight excluding hydrogens is 197 g/mol. The lowest BCUT2D eigenvalue weighted by Gasteiger charge is -2.11. The Morgan fingerprint density at radius 2 is 2.33 bits per heavy atom. The van der Waals surface area contributed by atoms with Crippen molar-refractivity contribution in [1.29, 1.82) is 0 Å². The molecule has 1 unspecified atom stereocenters. The predicted octanol–water partition coefficient (Wildman–Crippen LogP) is 1.10. The molecule has 0 aliphatic rings. The Labute approximate surface area is 88.9 Å². The molecule has 0 radical (unpaired) electrons. The molecule has 1 atom stereocenters. The van der Waals surface area contributed by atoms with E-state index in [1.807, 2.05) is 0 Å². The largest absolute Gasteiger partial charge is 0.387 e.